The molecule has 0 aliphatic carbocycles. The van der Waals surface area contributed by atoms with Crippen molar-refractivity contribution in [3.8, 4) is 0 Å². The number of alkyl halides is 7. The lowest BCUT2D eigenvalue weighted by molar-refractivity contribution is -0.349. The fourth-order valence-electron chi connectivity index (χ4n) is 2.21. The highest BCUT2D eigenvalue weighted by molar-refractivity contribution is 7.86. The van der Waals surface area contributed by atoms with Crippen LogP contribution in [0.15, 0.2) is 17.0 Å². The molecule has 148 valence electrons. The molecule has 1 aromatic rings. The third kappa shape index (κ3) is 3.58. The van der Waals surface area contributed by atoms with Crippen LogP contribution in [-0.2, 0) is 16.5 Å². The third-order valence-electron chi connectivity index (χ3n) is 3.53. The summed E-state index contributed by atoms with van der Waals surface area (Å²) in [5.41, 5.74) is -9.03. The first-order chi connectivity index (χ1) is 11.4. The molecule has 0 aliphatic rings. The normalized spacial score (nSPS) is 15.0. The summed E-state index contributed by atoms with van der Waals surface area (Å²) < 4.78 is 104. The van der Waals surface area contributed by atoms with Crippen LogP contribution in [0.5, 0.6) is 0 Å². The van der Waals surface area contributed by atoms with Crippen LogP contribution in [0.1, 0.15) is 42.3 Å². The van der Waals surface area contributed by atoms with Gasteiger partial charge in [0.2, 0.25) is 0 Å². The van der Waals surface area contributed by atoms with E-state index in [2.05, 4.69) is 0 Å². The van der Waals surface area contributed by atoms with E-state index in [4.69, 9.17) is 5.11 Å². The van der Waals surface area contributed by atoms with Gasteiger partial charge in [0.05, 0.1) is 21.3 Å². The van der Waals surface area contributed by atoms with Gasteiger partial charge in [-0.25, -0.2) is 9.18 Å². The van der Waals surface area contributed by atoms with Gasteiger partial charge in [0.1, 0.15) is 0 Å². The summed E-state index contributed by atoms with van der Waals surface area (Å²) in [5.74, 6) is -1.66. The lowest BCUT2D eigenvalue weighted by Gasteiger charge is -2.33. The molecule has 0 fully saturated rings. The molecular formula is C15H15F7O3S. The Hall–Kier alpha value is -1.65. The largest absolute Gasteiger partial charge is 0.478 e. The fourth-order valence-corrected chi connectivity index (χ4v) is 3.61. The fraction of sp³-hybridized carbons (Fsp3) is 0.533. The first kappa shape index (κ1) is 22.4. The molecular weight excluding hydrogens is 393 g/mol. The maximum atomic E-state index is 14.5. The molecule has 1 N–H and O–H groups in total. The van der Waals surface area contributed by atoms with Crippen LogP contribution in [-0.4, -0.2) is 32.4 Å². The van der Waals surface area contributed by atoms with Gasteiger partial charge < -0.3 is 5.11 Å². The van der Waals surface area contributed by atoms with Gasteiger partial charge in [-0.1, -0.05) is 6.07 Å². The Morgan fingerprint density at radius 2 is 1.38 bits per heavy atom. The molecule has 0 spiro atoms. The number of rotatable bonds is 3. The van der Waals surface area contributed by atoms with Crippen LogP contribution < -0.4 is 0 Å². The molecule has 0 saturated heterocycles. The van der Waals surface area contributed by atoms with Crippen molar-refractivity contribution in [3.63, 3.8) is 0 Å². The Morgan fingerprint density at radius 3 is 1.69 bits per heavy atom. The zero-order chi connectivity index (χ0) is 20.9. The number of hydrogen-bond acceptors (Lipinski definition) is 2. The standard InChI is InChI=1S/C15H15F7O3S/c1-7-8(11(23)24)5-6-9(10(7)26(25)12(2,3)4)13(16,14(17,18)19)15(20,21)22/h5-6H,1-4H3,(H,23,24)/t26-/m0/s1. The molecule has 1 rings (SSSR count). The van der Waals surface area contributed by atoms with Gasteiger partial charge in [0.15, 0.2) is 0 Å². The van der Waals surface area contributed by atoms with Gasteiger partial charge in [-0.15, -0.1) is 0 Å². The van der Waals surface area contributed by atoms with Crippen molar-refractivity contribution >= 4 is 16.8 Å². The molecule has 11 heteroatoms. The second-order valence-electron chi connectivity index (χ2n) is 6.46. The maximum absolute atomic E-state index is 14.5. The number of hydrogen-bond donors (Lipinski definition) is 1. The highest BCUT2D eigenvalue weighted by atomic mass is 32.2. The van der Waals surface area contributed by atoms with Gasteiger partial charge in [-0.05, 0) is 39.3 Å². The van der Waals surface area contributed by atoms with Gasteiger partial charge in [0, 0.05) is 10.3 Å². The molecule has 1 atom stereocenters. The van der Waals surface area contributed by atoms with E-state index in [0.29, 0.717) is 6.07 Å². The third-order valence-corrected chi connectivity index (χ3v) is 5.54. The zero-order valence-corrected chi connectivity index (χ0v) is 14.8. The minimum atomic E-state index is -6.40. The summed E-state index contributed by atoms with van der Waals surface area (Å²) in [6.45, 7) is 4.64. The molecule has 0 bridgehead atoms. The Labute approximate surface area is 146 Å². The summed E-state index contributed by atoms with van der Waals surface area (Å²) in [5, 5.41) is 9.05. The summed E-state index contributed by atoms with van der Waals surface area (Å²) in [7, 11) is -2.57. The monoisotopic (exact) mass is 408 g/mol. The quantitative estimate of drug-likeness (QED) is 0.725. The highest BCUT2D eigenvalue weighted by Crippen LogP contribution is 2.55. The summed E-state index contributed by atoms with van der Waals surface area (Å²) in [4.78, 5) is 10.0. The zero-order valence-electron chi connectivity index (χ0n) is 14.0. The van der Waals surface area contributed by atoms with Gasteiger partial charge in [-0.2, -0.15) is 26.3 Å². The SMILES string of the molecule is Cc1c(C(=O)O)ccc(C(F)(C(F)(F)F)C(F)(F)F)c1[S@](=O)C(C)(C)C. The minimum Gasteiger partial charge on any atom is -0.478 e. The van der Waals surface area contributed by atoms with E-state index in [1.165, 1.54) is 20.8 Å². The van der Waals surface area contributed by atoms with Gasteiger partial charge in [-0.3, -0.25) is 4.21 Å². The van der Waals surface area contributed by atoms with Crippen molar-refractivity contribution in [2.45, 2.75) is 55.4 Å². The second kappa shape index (κ2) is 6.50. The average molecular weight is 408 g/mol. The number of aromatic carboxylic acids is 1. The Balaban J connectivity index is 4.07. The lowest BCUT2D eigenvalue weighted by atomic mass is 9.91. The number of halogens is 7. The van der Waals surface area contributed by atoms with Crippen molar-refractivity contribution < 1.29 is 44.8 Å². The minimum absolute atomic E-state index is 0.0798. The van der Waals surface area contributed by atoms with Gasteiger partial charge in [0.25, 0.3) is 0 Å². The number of carboxylic acid groups (broad SMARTS) is 1. The van der Waals surface area contributed by atoms with Crippen LogP contribution in [0.2, 0.25) is 0 Å². The molecule has 0 saturated carbocycles. The number of carboxylic acids is 1. The van der Waals surface area contributed by atoms with Crippen LogP contribution >= 0.6 is 0 Å². The van der Waals surface area contributed by atoms with E-state index >= 15 is 0 Å². The second-order valence-corrected chi connectivity index (χ2v) is 8.63. The Bertz CT molecular complexity index is 731. The van der Waals surface area contributed by atoms with Crippen molar-refractivity contribution in [1.29, 1.82) is 0 Å². The molecule has 26 heavy (non-hydrogen) atoms. The van der Waals surface area contributed by atoms with Crippen LogP contribution in [0.3, 0.4) is 0 Å². The van der Waals surface area contributed by atoms with Gasteiger partial charge >= 0.3 is 24.0 Å². The van der Waals surface area contributed by atoms with Crippen LogP contribution in [0, 0.1) is 6.92 Å². The van der Waals surface area contributed by atoms with E-state index in [1.807, 2.05) is 0 Å². The Kier molecular flexibility index (Phi) is 5.60. The smallest absolute Gasteiger partial charge is 0.435 e. The molecule has 0 unspecified atom stereocenters. The summed E-state index contributed by atoms with van der Waals surface area (Å²) in [6.07, 6.45) is -12.8. The lowest BCUT2D eigenvalue weighted by Crippen LogP contribution is -2.51. The van der Waals surface area contributed by atoms with Crippen molar-refractivity contribution in [2.24, 2.45) is 0 Å². The first-order valence-electron chi connectivity index (χ1n) is 6.99. The molecule has 0 aromatic heterocycles. The van der Waals surface area contributed by atoms with E-state index in [-0.39, 0.29) is 6.07 Å². The highest BCUT2D eigenvalue weighted by Gasteiger charge is 2.74. The predicted octanol–water partition coefficient (Wildman–Crippen LogP) is 4.89. The molecule has 0 amide bonds. The number of carbonyl (C=O) groups is 1. The predicted molar refractivity (Wildman–Crippen MR) is 79.2 cm³/mol. The van der Waals surface area contributed by atoms with Crippen molar-refractivity contribution in [1.82, 2.24) is 0 Å². The molecule has 0 heterocycles. The number of benzene rings is 1. The van der Waals surface area contributed by atoms with Crippen LogP contribution in [0.25, 0.3) is 0 Å². The van der Waals surface area contributed by atoms with E-state index in [0.717, 1.165) is 6.92 Å². The first-order valence-corrected chi connectivity index (χ1v) is 8.14. The van der Waals surface area contributed by atoms with E-state index in [1.54, 1.807) is 0 Å². The van der Waals surface area contributed by atoms with E-state index in [9.17, 15) is 39.7 Å². The summed E-state index contributed by atoms with van der Waals surface area (Å²) in [6, 6.07) is 0.512. The van der Waals surface area contributed by atoms with Crippen LogP contribution in [0.4, 0.5) is 30.7 Å². The Morgan fingerprint density at radius 1 is 0.962 bits per heavy atom. The summed E-state index contributed by atoms with van der Waals surface area (Å²) >= 11 is 0. The van der Waals surface area contributed by atoms with Crippen molar-refractivity contribution in [3.05, 3.63) is 28.8 Å². The molecule has 0 radical (unpaired) electrons. The van der Waals surface area contributed by atoms with E-state index < -0.39 is 61.1 Å². The maximum Gasteiger partial charge on any atom is 0.435 e. The van der Waals surface area contributed by atoms with Crippen molar-refractivity contribution in [2.75, 3.05) is 0 Å². The molecule has 3 nitrogen and oxygen atoms in total. The molecule has 0 aliphatic heterocycles. The molecule has 1 aromatic carbocycles. The average Bonchev–Trinajstić information content (AvgIpc) is 2.41. The topological polar surface area (TPSA) is 54.4 Å².